The molecule has 0 saturated heterocycles. The number of hydrogen-bond donors (Lipinski definition) is 1. The lowest BCUT2D eigenvalue weighted by atomic mass is 10.1. The first-order chi connectivity index (χ1) is 9.48. The van der Waals surface area contributed by atoms with Gasteiger partial charge in [-0.15, -0.1) is 11.3 Å². The van der Waals surface area contributed by atoms with Crippen LogP contribution < -0.4 is 5.43 Å². The highest BCUT2D eigenvalue weighted by molar-refractivity contribution is 7.12. The number of nitrogens with one attached hydrogen (secondary N) is 1. The molecule has 1 aromatic heterocycles. The van der Waals surface area contributed by atoms with Crippen LogP contribution in [-0.2, 0) is 6.18 Å². The molecule has 0 aliphatic heterocycles. The molecule has 3 nitrogen and oxygen atoms in total. The number of rotatable bonds is 3. The van der Waals surface area contributed by atoms with Crippen molar-refractivity contribution in [3.05, 3.63) is 57.8 Å². The highest BCUT2D eigenvalue weighted by Gasteiger charge is 2.32. The van der Waals surface area contributed by atoms with Crippen LogP contribution in [0.15, 0.2) is 46.9 Å². The van der Waals surface area contributed by atoms with Gasteiger partial charge in [0.25, 0.3) is 5.91 Å². The Morgan fingerprint density at radius 3 is 2.60 bits per heavy atom. The summed E-state index contributed by atoms with van der Waals surface area (Å²) in [5.74, 6) is -0.458. The first-order valence-electron chi connectivity index (χ1n) is 5.51. The minimum Gasteiger partial charge on any atom is -0.266 e. The van der Waals surface area contributed by atoms with E-state index in [0.717, 1.165) is 12.3 Å². The zero-order valence-electron chi connectivity index (χ0n) is 10.0. The van der Waals surface area contributed by atoms with Crippen LogP contribution in [0, 0.1) is 0 Å². The van der Waals surface area contributed by atoms with Gasteiger partial charge in [0.2, 0.25) is 0 Å². The Labute approximate surface area is 116 Å². The van der Waals surface area contributed by atoms with Crippen LogP contribution in [0.4, 0.5) is 13.2 Å². The fraction of sp³-hybridized carbons (Fsp3) is 0.0769. The van der Waals surface area contributed by atoms with E-state index in [2.05, 4.69) is 10.5 Å². The summed E-state index contributed by atoms with van der Waals surface area (Å²) in [6.07, 6.45) is -3.48. The lowest BCUT2D eigenvalue weighted by Gasteiger charge is -2.09. The second kappa shape index (κ2) is 5.87. The van der Waals surface area contributed by atoms with Crippen molar-refractivity contribution >= 4 is 23.5 Å². The summed E-state index contributed by atoms with van der Waals surface area (Å²) < 4.78 is 38.1. The zero-order chi connectivity index (χ0) is 14.6. The van der Waals surface area contributed by atoms with Gasteiger partial charge in [0.1, 0.15) is 0 Å². The van der Waals surface area contributed by atoms with Crippen molar-refractivity contribution in [2.75, 3.05) is 0 Å². The molecule has 0 fully saturated rings. The Hall–Kier alpha value is -2.15. The molecule has 2 aromatic rings. The minimum atomic E-state index is -4.46. The van der Waals surface area contributed by atoms with Gasteiger partial charge in [-0.05, 0) is 17.5 Å². The molecule has 104 valence electrons. The van der Waals surface area contributed by atoms with Crippen molar-refractivity contribution in [3.63, 3.8) is 0 Å². The van der Waals surface area contributed by atoms with Crippen molar-refractivity contribution in [1.82, 2.24) is 5.43 Å². The number of carbonyl (C=O) groups excluding carboxylic acids is 1. The molecule has 7 heteroatoms. The summed E-state index contributed by atoms with van der Waals surface area (Å²) in [7, 11) is 0. The number of benzene rings is 1. The van der Waals surface area contributed by atoms with E-state index >= 15 is 0 Å². The van der Waals surface area contributed by atoms with Gasteiger partial charge in [-0.3, -0.25) is 4.79 Å². The van der Waals surface area contributed by atoms with Gasteiger partial charge in [0.15, 0.2) is 0 Å². The fourth-order valence-electron chi connectivity index (χ4n) is 1.49. The number of halogens is 3. The number of hydrogen-bond acceptors (Lipinski definition) is 3. The van der Waals surface area contributed by atoms with Crippen molar-refractivity contribution in [3.8, 4) is 0 Å². The van der Waals surface area contributed by atoms with E-state index in [0.29, 0.717) is 4.88 Å². The maximum Gasteiger partial charge on any atom is 0.417 e. The van der Waals surface area contributed by atoms with Gasteiger partial charge in [-0.2, -0.15) is 18.3 Å². The highest BCUT2D eigenvalue weighted by atomic mass is 32.1. The largest absolute Gasteiger partial charge is 0.417 e. The van der Waals surface area contributed by atoms with Crippen LogP contribution in [0.5, 0.6) is 0 Å². The summed E-state index contributed by atoms with van der Waals surface area (Å²) in [5.41, 5.74) is 1.28. The smallest absolute Gasteiger partial charge is 0.266 e. The van der Waals surface area contributed by atoms with E-state index in [-0.39, 0.29) is 5.56 Å². The van der Waals surface area contributed by atoms with Crippen molar-refractivity contribution in [2.45, 2.75) is 6.18 Å². The Kier molecular flexibility index (Phi) is 4.19. The average Bonchev–Trinajstić information content (AvgIpc) is 2.92. The van der Waals surface area contributed by atoms with Crippen LogP contribution in [0.3, 0.4) is 0 Å². The van der Waals surface area contributed by atoms with Gasteiger partial charge in [-0.25, -0.2) is 5.43 Å². The van der Waals surface area contributed by atoms with Crippen molar-refractivity contribution < 1.29 is 18.0 Å². The van der Waals surface area contributed by atoms with E-state index in [1.807, 2.05) is 0 Å². The van der Waals surface area contributed by atoms with Gasteiger partial charge < -0.3 is 0 Å². The third kappa shape index (κ3) is 3.45. The maximum absolute atomic E-state index is 12.7. The fourth-order valence-corrected chi connectivity index (χ4v) is 2.10. The summed E-state index contributed by atoms with van der Waals surface area (Å²) in [5, 5.41) is 5.27. The number of alkyl halides is 3. The molecule has 0 bridgehead atoms. The number of carbonyl (C=O) groups is 1. The molecule has 0 spiro atoms. The van der Waals surface area contributed by atoms with Gasteiger partial charge in [0, 0.05) is 5.56 Å². The minimum absolute atomic E-state index is 0.105. The quantitative estimate of drug-likeness (QED) is 0.683. The average molecular weight is 298 g/mol. The third-order valence-corrected chi connectivity index (χ3v) is 3.25. The van der Waals surface area contributed by atoms with Crippen LogP contribution in [0.1, 0.15) is 20.8 Å². The van der Waals surface area contributed by atoms with Crippen LogP contribution in [0.2, 0.25) is 0 Å². The predicted molar refractivity (Wildman–Crippen MR) is 70.8 cm³/mol. The van der Waals surface area contributed by atoms with Gasteiger partial charge in [0.05, 0.1) is 16.7 Å². The molecule has 0 aliphatic carbocycles. The molecule has 0 atom stereocenters. The molecule has 1 N–H and O–H groups in total. The predicted octanol–water partition coefficient (Wildman–Crippen LogP) is 3.53. The number of amides is 1. The molecule has 20 heavy (non-hydrogen) atoms. The van der Waals surface area contributed by atoms with Gasteiger partial charge in [-0.1, -0.05) is 24.3 Å². The topological polar surface area (TPSA) is 41.5 Å². The normalized spacial score (nSPS) is 11.8. The molecule has 0 saturated carbocycles. The summed E-state index contributed by atoms with van der Waals surface area (Å²) in [6, 6.07) is 8.30. The molecular formula is C13H9F3N2OS. The molecule has 2 rings (SSSR count). The lowest BCUT2D eigenvalue weighted by molar-refractivity contribution is -0.137. The third-order valence-electron chi connectivity index (χ3n) is 2.38. The van der Waals surface area contributed by atoms with E-state index in [4.69, 9.17) is 0 Å². The van der Waals surface area contributed by atoms with E-state index in [1.54, 1.807) is 17.5 Å². The van der Waals surface area contributed by atoms with Gasteiger partial charge >= 0.3 is 6.18 Å². The highest BCUT2D eigenvalue weighted by Crippen LogP contribution is 2.30. The SMILES string of the molecule is O=C(NN=Cc1ccccc1C(F)(F)F)c1cccs1. The standard InChI is InChI=1S/C13H9F3N2OS/c14-13(15,16)10-5-2-1-4-9(10)8-17-18-12(19)11-6-3-7-20-11/h1-8H,(H,18,19). The summed E-state index contributed by atoms with van der Waals surface area (Å²) >= 11 is 1.22. The van der Waals surface area contributed by atoms with Crippen LogP contribution in [-0.4, -0.2) is 12.1 Å². The molecule has 0 unspecified atom stereocenters. The summed E-state index contributed by atoms with van der Waals surface area (Å²) in [6.45, 7) is 0. The van der Waals surface area contributed by atoms with Crippen LogP contribution in [0.25, 0.3) is 0 Å². The lowest BCUT2D eigenvalue weighted by Crippen LogP contribution is -2.16. The van der Waals surface area contributed by atoms with E-state index in [1.165, 1.54) is 29.5 Å². The molecule has 0 aliphatic rings. The Morgan fingerprint density at radius 1 is 1.20 bits per heavy atom. The zero-order valence-corrected chi connectivity index (χ0v) is 10.8. The number of nitrogens with zero attached hydrogens (tertiary/aromatic N) is 1. The monoisotopic (exact) mass is 298 g/mol. The molecule has 1 heterocycles. The first kappa shape index (κ1) is 14.3. The molecule has 1 aromatic carbocycles. The number of hydrazone groups is 1. The molecule has 1 amide bonds. The maximum atomic E-state index is 12.7. The van der Waals surface area contributed by atoms with E-state index < -0.39 is 17.6 Å². The number of thiophene rings is 1. The Morgan fingerprint density at radius 2 is 1.95 bits per heavy atom. The summed E-state index contributed by atoms with van der Waals surface area (Å²) in [4.78, 5) is 12.0. The Balaban J connectivity index is 2.11. The van der Waals surface area contributed by atoms with Crippen LogP contribution >= 0.6 is 11.3 Å². The first-order valence-corrected chi connectivity index (χ1v) is 6.39. The second-order valence-electron chi connectivity index (χ2n) is 3.76. The molecule has 0 radical (unpaired) electrons. The van der Waals surface area contributed by atoms with Crippen molar-refractivity contribution in [1.29, 1.82) is 0 Å². The van der Waals surface area contributed by atoms with Crippen molar-refractivity contribution in [2.24, 2.45) is 5.10 Å². The van der Waals surface area contributed by atoms with E-state index in [9.17, 15) is 18.0 Å². The molecular weight excluding hydrogens is 289 g/mol. The Bertz CT molecular complexity index is 621. The second-order valence-corrected chi connectivity index (χ2v) is 4.71.